The highest BCUT2D eigenvalue weighted by Crippen LogP contribution is 2.17. The van der Waals surface area contributed by atoms with E-state index >= 15 is 0 Å². The summed E-state index contributed by atoms with van der Waals surface area (Å²) >= 11 is 0. The third kappa shape index (κ3) is 4.61. The van der Waals surface area contributed by atoms with Gasteiger partial charge in [-0.15, -0.1) is 0 Å². The van der Waals surface area contributed by atoms with Gasteiger partial charge < -0.3 is 9.63 Å². The molecule has 0 bridgehead atoms. The lowest BCUT2D eigenvalue weighted by atomic mass is 10.1. The van der Waals surface area contributed by atoms with Gasteiger partial charge in [-0.25, -0.2) is 4.39 Å². The molecule has 0 amide bonds. The maximum atomic E-state index is 12.9. The first-order chi connectivity index (χ1) is 9.87. The highest BCUT2D eigenvalue weighted by Gasteiger charge is 2.19. The molecular weight excluding hydrogens is 273 g/mol. The smallest absolute Gasteiger partial charge is 0.241 e. The molecule has 0 aliphatic carbocycles. The highest BCUT2D eigenvalue weighted by atomic mass is 19.1. The van der Waals surface area contributed by atoms with Gasteiger partial charge in [0.15, 0.2) is 0 Å². The van der Waals surface area contributed by atoms with E-state index < -0.39 is 5.60 Å². The average molecular weight is 293 g/mol. The second-order valence-corrected chi connectivity index (χ2v) is 5.63. The zero-order valence-corrected chi connectivity index (χ0v) is 12.5. The second kappa shape index (κ2) is 6.32. The van der Waals surface area contributed by atoms with Crippen LogP contribution in [0.5, 0.6) is 0 Å². The van der Waals surface area contributed by atoms with E-state index in [1.807, 2.05) is 11.8 Å². The third-order valence-electron chi connectivity index (χ3n) is 2.99. The van der Waals surface area contributed by atoms with Crippen LogP contribution in [-0.4, -0.2) is 38.8 Å². The quantitative estimate of drug-likeness (QED) is 0.886. The van der Waals surface area contributed by atoms with Crippen molar-refractivity contribution in [3.05, 3.63) is 36.0 Å². The van der Waals surface area contributed by atoms with E-state index in [1.54, 1.807) is 26.0 Å². The predicted octanol–water partition coefficient (Wildman–Crippen LogP) is 2.47. The van der Waals surface area contributed by atoms with E-state index in [-0.39, 0.29) is 5.82 Å². The van der Waals surface area contributed by atoms with Crippen LogP contribution in [0.15, 0.2) is 28.8 Å². The summed E-state index contributed by atoms with van der Waals surface area (Å²) in [7, 11) is 0. The van der Waals surface area contributed by atoms with E-state index in [9.17, 15) is 9.50 Å². The Bertz CT molecular complexity index is 575. The molecule has 2 aromatic rings. The molecule has 0 aliphatic heterocycles. The Hall–Kier alpha value is -1.79. The van der Waals surface area contributed by atoms with Crippen molar-refractivity contribution in [1.29, 1.82) is 0 Å². The molecule has 0 radical (unpaired) electrons. The summed E-state index contributed by atoms with van der Waals surface area (Å²) in [5.41, 5.74) is -0.0764. The molecule has 1 heterocycles. The number of hydrogen-bond donors (Lipinski definition) is 1. The van der Waals surface area contributed by atoms with E-state index in [1.165, 1.54) is 12.1 Å². The molecule has 2 rings (SSSR count). The Morgan fingerprint density at radius 2 is 1.95 bits per heavy atom. The van der Waals surface area contributed by atoms with E-state index in [4.69, 9.17) is 4.52 Å². The molecule has 0 spiro atoms. The van der Waals surface area contributed by atoms with Crippen molar-refractivity contribution in [2.24, 2.45) is 0 Å². The number of likely N-dealkylation sites (N-methyl/N-ethyl adjacent to an activating group) is 1. The van der Waals surface area contributed by atoms with Crippen molar-refractivity contribution in [1.82, 2.24) is 15.0 Å². The minimum atomic E-state index is -0.782. The molecule has 114 valence electrons. The first-order valence-corrected chi connectivity index (χ1v) is 6.90. The van der Waals surface area contributed by atoms with Gasteiger partial charge in [0.1, 0.15) is 5.82 Å². The van der Waals surface area contributed by atoms with Gasteiger partial charge in [0, 0.05) is 12.1 Å². The van der Waals surface area contributed by atoms with Crippen molar-refractivity contribution in [3.8, 4) is 11.4 Å². The minimum Gasteiger partial charge on any atom is -0.389 e. The molecule has 0 aliphatic rings. The lowest BCUT2D eigenvalue weighted by molar-refractivity contribution is 0.0322. The molecule has 0 saturated heterocycles. The summed E-state index contributed by atoms with van der Waals surface area (Å²) < 4.78 is 18.1. The van der Waals surface area contributed by atoms with Gasteiger partial charge in [-0.3, -0.25) is 4.90 Å². The number of nitrogens with zero attached hydrogens (tertiary/aromatic N) is 3. The molecule has 0 fully saturated rings. The maximum Gasteiger partial charge on any atom is 0.241 e. The van der Waals surface area contributed by atoms with Crippen LogP contribution in [0.1, 0.15) is 26.7 Å². The highest BCUT2D eigenvalue weighted by molar-refractivity contribution is 5.53. The van der Waals surface area contributed by atoms with Gasteiger partial charge in [0.05, 0.1) is 12.1 Å². The number of benzene rings is 1. The summed E-state index contributed by atoms with van der Waals surface area (Å²) in [6.45, 7) is 7.26. The summed E-state index contributed by atoms with van der Waals surface area (Å²) in [6, 6.07) is 5.94. The Kier molecular flexibility index (Phi) is 4.69. The van der Waals surface area contributed by atoms with Crippen molar-refractivity contribution >= 4 is 0 Å². The maximum absolute atomic E-state index is 12.9. The fourth-order valence-electron chi connectivity index (χ4n) is 2.05. The Morgan fingerprint density at radius 1 is 1.29 bits per heavy atom. The molecule has 21 heavy (non-hydrogen) atoms. The number of rotatable bonds is 6. The molecule has 1 aromatic heterocycles. The summed E-state index contributed by atoms with van der Waals surface area (Å²) in [6.07, 6.45) is 0. The van der Waals surface area contributed by atoms with Crippen LogP contribution in [0.25, 0.3) is 11.4 Å². The van der Waals surface area contributed by atoms with E-state index in [2.05, 4.69) is 10.1 Å². The fraction of sp³-hybridized carbons (Fsp3) is 0.467. The summed E-state index contributed by atoms with van der Waals surface area (Å²) in [5.74, 6) is 0.606. The monoisotopic (exact) mass is 293 g/mol. The SMILES string of the molecule is CCN(Cc1nc(-c2ccc(F)cc2)no1)CC(C)(C)O. The largest absolute Gasteiger partial charge is 0.389 e. The third-order valence-corrected chi connectivity index (χ3v) is 2.99. The molecule has 0 unspecified atom stereocenters. The molecule has 0 atom stereocenters. The van der Waals surface area contributed by atoms with Crippen LogP contribution in [0.4, 0.5) is 4.39 Å². The van der Waals surface area contributed by atoms with Crippen LogP contribution >= 0.6 is 0 Å². The zero-order valence-electron chi connectivity index (χ0n) is 12.5. The van der Waals surface area contributed by atoms with Gasteiger partial charge in [-0.1, -0.05) is 12.1 Å². The second-order valence-electron chi connectivity index (χ2n) is 5.63. The van der Waals surface area contributed by atoms with Gasteiger partial charge in [-0.2, -0.15) is 4.98 Å². The van der Waals surface area contributed by atoms with E-state index in [0.717, 1.165) is 6.54 Å². The van der Waals surface area contributed by atoms with Crippen LogP contribution < -0.4 is 0 Å². The molecule has 1 N–H and O–H groups in total. The number of aromatic nitrogens is 2. The van der Waals surface area contributed by atoms with Gasteiger partial charge >= 0.3 is 0 Å². The summed E-state index contributed by atoms with van der Waals surface area (Å²) in [4.78, 5) is 6.32. The summed E-state index contributed by atoms with van der Waals surface area (Å²) in [5, 5.41) is 13.8. The molecule has 0 saturated carbocycles. The zero-order chi connectivity index (χ0) is 15.5. The lowest BCUT2D eigenvalue weighted by Crippen LogP contribution is -2.38. The van der Waals surface area contributed by atoms with Crippen molar-refractivity contribution < 1.29 is 14.0 Å². The van der Waals surface area contributed by atoms with E-state index in [0.29, 0.717) is 30.4 Å². The van der Waals surface area contributed by atoms with Crippen molar-refractivity contribution in [3.63, 3.8) is 0 Å². The van der Waals surface area contributed by atoms with Crippen LogP contribution in [0.2, 0.25) is 0 Å². The van der Waals surface area contributed by atoms with Crippen LogP contribution in [0, 0.1) is 5.82 Å². The molecule has 5 nitrogen and oxygen atoms in total. The normalized spacial score (nSPS) is 12.1. The number of halogens is 1. The minimum absolute atomic E-state index is 0.301. The van der Waals surface area contributed by atoms with Gasteiger partial charge in [-0.05, 0) is 44.7 Å². The first kappa shape index (κ1) is 15.6. The Morgan fingerprint density at radius 3 is 2.52 bits per heavy atom. The lowest BCUT2D eigenvalue weighted by Gasteiger charge is -2.26. The predicted molar refractivity (Wildman–Crippen MR) is 76.9 cm³/mol. The van der Waals surface area contributed by atoms with Crippen molar-refractivity contribution in [2.75, 3.05) is 13.1 Å². The Labute approximate surface area is 123 Å². The van der Waals surface area contributed by atoms with Gasteiger partial charge in [0.2, 0.25) is 11.7 Å². The first-order valence-electron chi connectivity index (χ1n) is 6.90. The number of hydrogen-bond acceptors (Lipinski definition) is 5. The molecule has 6 heteroatoms. The van der Waals surface area contributed by atoms with Crippen LogP contribution in [0.3, 0.4) is 0 Å². The Balaban J connectivity index is 2.07. The average Bonchev–Trinajstić information content (AvgIpc) is 2.85. The van der Waals surface area contributed by atoms with Gasteiger partial charge in [0.25, 0.3) is 0 Å². The molecular formula is C15H20FN3O2. The van der Waals surface area contributed by atoms with Crippen LogP contribution in [-0.2, 0) is 6.54 Å². The van der Waals surface area contributed by atoms with Crippen molar-refractivity contribution in [2.45, 2.75) is 32.9 Å². The fourth-order valence-corrected chi connectivity index (χ4v) is 2.05. The number of aliphatic hydroxyl groups is 1. The molecule has 1 aromatic carbocycles. The topological polar surface area (TPSA) is 62.4 Å². The standard InChI is InChI=1S/C15H20FN3O2/c1-4-19(10-15(2,3)20)9-13-17-14(18-21-13)11-5-7-12(16)8-6-11/h5-8,20H,4,9-10H2,1-3H3.